The summed E-state index contributed by atoms with van der Waals surface area (Å²) in [6.45, 7) is 1.19. The molecule has 0 aliphatic heterocycles. The normalized spacial score (nSPS) is 14.1. The van der Waals surface area contributed by atoms with Gasteiger partial charge in [0.15, 0.2) is 14.9 Å². The third-order valence-corrected chi connectivity index (χ3v) is 5.56. The highest BCUT2D eigenvalue weighted by molar-refractivity contribution is 7.90. The lowest BCUT2D eigenvalue weighted by molar-refractivity contribution is -0.141. The van der Waals surface area contributed by atoms with Gasteiger partial charge in [0.05, 0.1) is 5.92 Å². The van der Waals surface area contributed by atoms with Crippen LogP contribution in [0.25, 0.3) is 0 Å². The van der Waals surface area contributed by atoms with E-state index in [0.29, 0.717) is 0 Å². The minimum Gasteiger partial charge on any atom is -0.481 e. The number of aliphatic carboxylic acids is 1. The maximum atomic E-state index is 12.2. The number of carboxylic acid groups (broad SMARTS) is 1. The van der Waals surface area contributed by atoms with E-state index >= 15 is 0 Å². The van der Waals surface area contributed by atoms with Gasteiger partial charge in [-0.25, -0.2) is 26.1 Å². The number of rotatable bonds is 6. The summed E-state index contributed by atoms with van der Waals surface area (Å²) in [6, 6.07) is 2.22. The van der Waals surface area contributed by atoms with E-state index in [0.717, 1.165) is 28.9 Å². The first-order valence-corrected chi connectivity index (χ1v) is 9.14. The monoisotopic (exact) mass is 336 g/mol. The lowest BCUT2D eigenvalue weighted by Crippen LogP contribution is -2.33. The molecule has 0 amide bonds. The van der Waals surface area contributed by atoms with E-state index in [1.165, 1.54) is 14.0 Å². The van der Waals surface area contributed by atoms with Gasteiger partial charge in [0, 0.05) is 26.0 Å². The predicted molar refractivity (Wildman–Crippen MR) is 74.0 cm³/mol. The summed E-state index contributed by atoms with van der Waals surface area (Å²) >= 11 is 0. The van der Waals surface area contributed by atoms with Gasteiger partial charge < -0.3 is 5.11 Å². The van der Waals surface area contributed by atoms with E-state index in [1.807, 2.05) is 0 Å². The highest BCUT2D eigenvalue weighted by Gasteiger charge is 2.25. The number of pyridine rings is 1. The fraction of sp³-hybridized carbons (Fsp3) is 0.455. The summed E-state index contributed by atoms with van der Waals surface area (Å²) in [5, 5.41) is 8.56. The second kappa shape index (κ2) is 6.08. The maximum absolute atomic E-state index is 12.2. The van der Waals surface area contributed by atoms with E-state index in [2.05, 4.69) is 4.98 Å². The molecule has 0 fully saturated rings. The molecule has 21 heavy (non-hydrogen) atoms. The Morgan fingerprint density at radius 3 is 2.29 bits per heavy atom. The zero-order chi connectivity index (χ0) is 16.4. The summed E-state index contributed by atoms with van der Waals surface area (Å²) in [7, 11) is -6.18. The number of carbonyl (C=O) groups is 1. The molecule has 1 aromatic rings. The van der Waals surface area contributed by atoms with Crippen LogP contribution in [-0.4, -0.2) is 57.0 Å². The van der Waals surface area contributed by atoms with Crippen molar-refractivity contribution in [3.8, 4) is 0 Å². The van der Waals surface area contributed by atoms with Gasteiger partial charge in [-0.1, -0.05) is 6.92 Å². The van der Waals surface area contributed by atoms with Crippen LogP contribution >= 0.6 is 0 Å². The highest BCUT2D eigenvalue weighted by atomic mass is 32.2. The number of sulfone groups is 1. The van der Waals surface area contributed by atoms with E-state index in [9.17, 15) is 21.6 Å². The van der Waals surface area contributed by atoms with Gasteiger partial charge in [0.25, 0.3) is 0 Å². The smallest absolute Gasteiger partial charge is 0.307 e. The third kappa shape index (κ3) is 4.22. The number of sulfonamides is 1. The van der Waals surface area contributed by atoms with Crippen molar-refractivity contribution in [1.29, 1.82) is 0 Å². The molecule has 118 valence electrons. The van der Waals surface area contributed by atoms with E-state index in [4.69, 9.17) is 5.11 Å². The topological polar surface area (TPSA) is 122 Å². The number of aromatic nitrogens is 1. The Hall–Kier alpha value is -1.52. The molecule has 0 aliphatic rings. The Morgan fingerprint density at radius 2 is 1.90 bits per heavy atom. The summed E-state index contributed by atoms with van der Waals surface area (Å²) < 4.78 is 47.8. The van der Waals surface area contributed by atoms with Crippen LogP contribution in [0.2, 0.25) is 0 Å². The summed E-state index contributed by atoms with van der Waals surface area (Å²) in [5.41, 5.74) is 0. The van der Waals surface area contributed by atoms with Gasteiger partial charge in [-0.3, -0.25) is 4.79 Å². The average molecular weight is 336 g/mol. The Balaban J connectivity index is 3.05. The Kier molecular flexibility index (Phi) is 5.07. The molecule has 0 saturated carbocycles. The molecule has 1 N–H and O–H groups in total. The molecule has 1 heterocycles. The van der Waals surface area contributed by atoms with Crippen molar-refractivity contribution in [2.75, 3.05) is 19.8 Å². The molecule has 1 rings (SSSR count). The highest BCUT2D eigenvalue weighted by Crippen LogP contribution is 2.16. The number of carboxylic acids is 1. The van der Waals surface area contributed by atoms with Gasteiger partial charge in [-0.2, -0.15) is 0 Å². The summed E-state index contributed by atoms with van der Waals surface area (Å²) in [6.07, 6.45) is 1.90. The first-order valence-electron chi connectivity index (χ1n) is 5.81. The molecule has 1 unspecified atom stereocenters. The third-order valence-electron chi connectivity index (χ3n) is 2.75. The minimum atomic E-state index is -3.92. The van der Waals surface area contributed by atoms with Crippen molar-refractivity contribution >= 4 is 25.8 Å². The van der Waals surface area contributed by atoms with Crippen molar-refractivity contribution in [3.63, 3.8) is 0 Å². The molecule has 0 saturated heterocycles. The largest absolute Gasteiger partial charge is 0.481 e. The predicted octanol–water partition coefficient (Wildman–Crippen LogP) is -0.174. The van der Waals surface area contributed by atoms with Crippen LogP contribution in [0.4, 0.5) is 0 Å². The van der Waals surface area contributed by atoms with Gasteiger partial charge in [-0.05, 0) is 12.1 Å². The molecule has 0 aliphatic carbocycles. The fourth-order valence-electron chi connectivity index (χ4n) is 1.48. The zero-order valence-electron chi connectivity index (χ0n) is 11.7. The minimum absolute atomic E-state index is 0.199. The molecule has 8 nitrogen and oxygen atoms in total. The quantitative estimate of drug-likeness (QED) is 0.765. The van der Waals surface area contributed by atoms with Gasteiger partial charge in [-0.15, -0.1) is 0 Å². The average Bonchev–Trinajstić information content (AvgIpc) is 2.37. The van der Waals surface area contributed by atoms with Gasteiger partial charge in [0.2, 0.25) is 10.0 Å². The van der Waals surface area contributed by atoms with Gasteiger partial charge in [0.1, 0.15) is 4.90 Å². The second-order valence-corrected chi connectivity index (χ2v) is 8.64. The van der Waals surface area contributed by atoms with Crippen molar-refractivity contribution in [3.05, 3.63) is 18.3 Å². The molecule has 0 radical (unpaired) electrons. The SMILES string of the molecule is CC(CN(C)S(=O)(=O)c1ccc(S(C)(=O)=O)nc1)C(=O)O. The van der Waals surface area contributed by atoms with E-state index < -0.39 is 31.7 Å². The molecular formula is C11H16N2O6S2. The van der Waals surface area contributed by atoms with Crippen molar-refractivity contribution in [1.82, 2.24) is 9.29 Å². The van der Waals surface area contributed by atoms with Crippen molar-refractivity contribution < 1.29 is 26.7 Å². The Labute approximate surface area is 123 Å². The van der Waals surface area contributed by atoms with Crippen LogP contribution in [0.5, 0.6) is 0 Å². The number of nitrogens with zero attached hydrogens (tertiary/aromatic N) is 2. The molecule has 1 aromatic heterocycles. The van der Waals surface area contributed by atoms with Crippen LogP contribution in [-0.2, 0) is 24.7 Å². The summed E-state index contributed by atoms with van der Waals surface area (Å²) in [4.78, 5) is 14.2. The zero-order valence-corrected chi connectivity index (χ0v) is 13.3. The van der Waals surface area contributed by atoms with Crippen LogP contribution < -0.4 is 0 Å². The van der Waals surface area contributed by atoms with Gasteiger partial charge >= 0.3 is 5.97 Å². The van der Waals surface area contributed by atoms with Crippen LogP contribution in [0.15, 0.2) is 28.3 Å². The first kappa shape index (κ1) is 17.5. The molecule has 0 spiro atoms. The molecule has 0 bridgehead atoms. The second-order valence-electron chi connectivity index (χ2n) is 4.63. The lowest BCUT2D eigenvalue weighted by atomic mass is 10.2. The first-order chi connectivity index (χ1) is 9.46. The van der Waals surface area contributed by atoms with Crippen LogP contribution in [0.3, 0.4) is 0 Å². The van der Waals surface area contributed by atoms with Crippen molar-refractivity contribution in [2.45, 2.75) is 16.8 Å². The Morgan fingerprint density at radius 1 is 1.33 bits per heavy atom. The fourth-order valence-corrected chi connectivity index (χ4v) is 3.25. The molecular weight excluding hydrogens is 320 g/mol. The Bertz CT molecular complexity index is 724. The van der Waals surface area contributed by atoms with Crippen LogP contribution in [0.1, 0.15) is 6.92 Å². The number of hydrogen-bond acceptors (Lipinski definition) is 6. The standard InChI is InChI=1S/C11H16N2O6S2/c1-8(11(14)15)7-13(2)21(18,19)9-4-5-10(12-6-9)20(3,16)17/h4-6,8H,7H2,1-3H3,(H,14,15). The molecule has 0 aromatic carbocycles. The lowest BCUT2D eigenvalue weighted by Gasteiger charge is -2.19. The van der Waals surface area contributed by atoms with E-state index in [1.54, 1.807) is 0 Å². The van der Waals surface area contributed by atoms with Crippen LogP contribution in [0, 0.1) is 5.92 Å². The molecule has 1 atom stereocenters. The summed E-state index contributed by atoms with van der Waals surface area (Å²) in [5.74, 6) is -1.98. The molecule has 10 heteroatoms. The van der Waals surface area contributed by atoms with Crippen molar-refractivity contribution in [2.24, 2.45) is 5.92 Å². The number of hydrogen-bond donors (Lipinski definition) is 1. The van der Waals surface area contributed by atoms with E-state index in [-0.39, 0.29) is 16.5 Å². The maximum Gasteiger partial charge on any atom is 0.307 e.